The zero-order valence-electron chi connectivity index (χ0n) is 12.4. The van der Waals surface area contributed by atoms with E-state index in [9.17, 15) is 4.79 Å². The number of nitrogens with zero attached hydrogens (tertiary/aromatic N) is 1. The highest BCUT2D eigenvalue weighted by molar-refractivity contribution is 5.69. The normalized spacial score (nSPS) is 10.8. The summed E-state index contributed by atoms with van der Waals surface area (Å²) in [4.78, 5) is 12.5. The van der Waals surface area contributed by atoms with E-state index in [1.165, 1.54) is 16.7 Å². The maximum Gasteiger partial charge on any atom is 0.317 e. The van der Waals surface area contributed by atoms with Gasteiger partial charge >= 0.3 is 5.97 Å². The Hall–Kier alpha value is -1.55. The fourth-order valence-electron chi connectivity index (χ4n) is 2.31. The van der Waals surface area contributed by atoms with Crippen molar-refractivity contribution in [3.05, 3.63) is 28.3 Å². The third-order valence-electron chi connectivity index (χ3n) is 3.58. The molecule has 0 aromatic heterocycles. The van der Waals surface area contributed by atoms with Gasteiger partial charge in [0.15, 0.2) is 0 Å². The first-order chi connectivity index (χ1) is 8.86. The lowest BCUT2D eigenvalue weighted by atomic mass is 9.95. The molecular weight excluding hydrogens is 242 g/mol. The average molecular weight is 265 g/mol. The van der Waals surface area contributed by atoms with Crippen LogP contribution in [0.4, 0.5) is 0 Å². The quantitative estimate of drug-likeness (QED) is 0.856. The molecule has 4 nitrogen and oxygen atoms in total. The monoisotopic (exact) mass is 265 g/mol. The number of rotatable bonds is 6. The minimum atomic E-state index is -0.790. The number of likely N-dealkylation sites (N-methyl/N-ethyl adjacent to an activating group) is 1. The largest absolute Gasteiger partial charge is 0.496 e. The molecule has 0 fully saturated rings. The molecule has 0 saturated heterocycles. The summed E-state index contributed by atoms with van der Waals surface area (Å²) in [6, 6.07) is 2.05. The number of carbonyl (C=O) groups is 1. The van der Waals surface area contributed by atoms with Gasteiger partial charge in [0.1, 0.15) is 5.75 Å². The van der Waals surface area contributed by atoms with Crippen molar-refractivity contribution >= 4 is 5.97 Å². The molecule has 1 aromatic carbocycles. The van der Waals surface area contributed by atoms with Crippen LogP contribution in [0.25, 0.3) is 0 Å². The number of hydrogen-bond donors (Lipinski definition) is 1. The average Bonchev–Trinajstić information content (AvgIpc) is 2.32. The van der Waals surface area contributed by atoms with E-state index in [1.54, 1.807) is 7.11 Å². The molecule has 1 aromatic rings. The highest BCUT2D eigenvalue weighted by Gasteiger charge is 2.12. The van der Waals surface area contributed by atoms with E-state index in [-0.39, 0.29) is 6.54 Å². The number of methoxy groups -OCH3 is 1. The lowest BCUT2D eigenvalue weighted by Gasteiger charge is -2.19. The van der Waals surface area contributed by atoms with E-state index in [0.29, 0.717) is 0 Å². The van der Waals surface area contributed by atoms with Crippen molar-refractivity contribution in [3.63, 3.8) is 0 Å². The molecule has 0 radical (unpaired) electrons. The van der Waals surface area contributed by atoms with Crippen molar-refractivity contribution in [1.29, 1.82) is 0 Å². The Morgan fingerprint density at radius 3 is 2.47 bits per heavy atom. The van der Waals surface area contributed by atoms with E-state index in [1.807, 2.05) is 11.9 Å². The SMILES string of the molecule is COc1cc(C)c(CCN(C)CC(=O)O)c(C)c1C. The molecule has 0 aliphatic rings. The number of ether oxygens (including phenoxy) is 1. The second-order valence-corrected chi connectivity index (χ2v) is 5.01. The Morgan fingerprint density at radius 2 is 1.95 bits per heavy atom. The summed E-state index contributed by atoms with van der Waals surface area (Å²) in [5.41, 5.74) is 4.88. The highest BCUT2D eigenvalue weighted by atomic mass is 16.5. The molecule has 19 heavy (non-hydrogen) atoms. The maximum absolute atomic E-state index is 10.6. The van der Waals surface area contributed by atoms with Crippen LogP contribution in [0, 0.1) is 20.8 Å². The Bertz CT molecular complexity index is 469. The van der Waals surface area contributed by atoms with Crippen molar-refractivity contribution < 1.29 is 14.6 Å². The van der Waals surface area contributed by atoms with E-state index in [0.717, 1.165) is 24.3 Å². The van der Waals surface area contributed by atoms with Gasteiger partial charge in [-0.3, -0.25) is 9.69 Å². The van der Waals surface area contributed by atoms with Crippen LogP contribution in [0.2, 0.25) is 0 Å². The molecule has 0 amide bonds. The van der Waals surface area contributed by atoms with Crippen molar-refractivity contribution in [2.45, 2.75) is 27.2 Å². The van der Waals surface area contributed by atoms with Gasteiger partial charge in [-0.1, -0.05) is 0 Å². The Labute approximate surface area is 115 Å². The minimum absolute atomic E-state index is 0.0766. The fraction of sp³-hybridized carbons (Fsp3) is 0.533. The second-order valence-electron chi connectivity index (χ2n) is 5.01. The first kappa shape index (κ1) is 15.5. The molecule has 0 atom stereocenters. The number of benzene rings is 1. The van der Waals surface area contributed by atoms with E-state index < -0.39 is 5.97 Å². The van der Waals surface area contributed by atoms with Crippen LogP contribution in [0.1, 0.15) is 22.3 Å². The Balaban J connectivity index is 2.84. The number of hydrogen-bond acceptors (Lipinski definition) is 3. The van der Waals surface area contributed by atoms with Crippen LogP contribution < -0.4 is 4.74 Å². The van der Waals surface area contributed by atoms with Crippen LogP contribution >= 0.6 is 0 Å². The molecule has 0 spiro atoms. The molecule has 0 unspecified atom stereocenters. The van der Waals surface area contributed by atoms with Gasteiger partial charge in [-0.2, -0.15) is 0 Å². The van der Waals surface area contributed by atoms with Gasteiger partial charge in [-0.15, -0.1) is 0 Å². The minimum Gasteiger partial charge on any atom is -0.496 e. The first-order valence-electron chi connectivity index (χ1n) is 6.40. The molecule has 106 valence electrons. The van der Waals surface area contributed by atoms with E-state index >= 15 is 0 Å². The summed E-state index contributed by atoms with van der Waals surface area (Å²) < 4.78 is 5.35. The third-order valence-corrected chi connectivity index (χ3v) is 3.58. The first-order valence-corrected chi connectivity index (χ1v) is 6.40. The predicted molar refractivity (Wildman–Crippen MR) is 76.0 cm³/mol. The molecule has 0 bridgehead atoms. The highest BCUT2D eigenvalue weighted by Crippen LogP contribution is 2.27. The Kier molecular flexibility index (Phi) is 5.36. The molecule has 1 rings (SSSR count). The van der Waals surface area contributed by atoms with Gasteiger partial charge in [0, 0.05) is 6.54 Å². The molecule has 0 aliphatic carbocycles. The van der Waals surface area contributed by atoms with Crippen molar-refractivity contribution in [2.75, 3.05) is 27.2 Å². The number of aryl methyl sites for hydroxylation is 1. The zero-order valence-corrected chi connectivity index (χ0v) is 12.4. The van der Waals surface area contributed by atoms with E-state index in [4.69, 9.17) is 9.84 Å². The summed E-state index contributed by atoms with van der Waals surface area (Å²) in [6.45, 7) is 7.03. The summed E-state index contributed by atoms with van der Waals surface area (Å²) in [5, 5.41) is 8.74. The summed E-state index contributed by atoms with van der Waals surface area (Å²) in [6.07, 6.45) is 0.853. The third kappa shape index (κ3) is 3.96. The number of aliphatic carboxylic acids is 1. The lowest BCUT2D eigenvalue weighted by Crippen LogP contribution is -2.28. The molecule has 0 saturated carbocycles. The number of carboxylic acids is 1. The summed E-state index contributed by atoms with van der Waals surface area (Å²) in [7, 11) is 3.51. The Morgan fingerprint density at radius 1 is 1.32 bits per heavy atom. The summed E-state index contributed by atoms with van der Waals surface area (Å²) in [5.74, 6) is 0.125. The molecule has 1 N–H and O–H groups in total. The molecule has 4 heteroatoms. The van der Waals surface area contributed by atoms with Crippen LogP contribution in [0.3, 0.4) is 0 Å². The second kappa shape index (κ2) is 6.57. The fourth-order valence-corrected chi connectivity index (χ4v) is 2.31. The van der Waals surface area contributed by atoms with Crippen molar-refractivity contribution in [1.82, 2.24) is 4.90 Å². The smallest absolute Gasteiger partial charge is 0.317 e. The van der Waals surface area contributed by atoms with Gasteiger partial charge < -0.3 is 9.84 Å². The van der Waals surface area contributed by atoms with E-state index in [2.05, 4.69) is 26.8 Å². The topological polar surface area (TPSA) is 49.8 Å². The van der Waals surface area contributed by atoms with Crippen LogP contribution in [0.15, 0.2) is 6.07 Å². The van der Waals surface area contributed by atoms with Crippen LogP contribution in [-0.2, 0) is 11.2 Å². The standard InChI is InChI=1S/C15H23NO3/c1-10-8-14(19-5)12(3)11(2)13(10)6-7-16(4)9-15(17)18/h8H,6-7,9H2,1-5H3,(H,17,18). The molecular formula is C15H23NO3. The summed E-state index contributed by atoms with van der Waals surface area (Å²) >= 11 is 0. The molecule has 0 aliphatic heterocycles. The number of carboxylic acid groups (broad SMARTS) is 1. The predicted octanol–water partition coefficient (Wildman–Crippen LogP) is 2.18. The van der Waals surface area contributed by atoms with Crippen LogP contribution in [0.5, 0.6) is 5.75 Å². The van der Waals surface area contributed by atoms with Crippen molar-refractivity contribution in [2.24, 2.45) is 0 Å². The van der Waals surface area contributed by atoms with Gasteiger partial charge in [0.2, 0.25) is 0 Å². The lowest BCUT2D eigenvalue weighted by molar-refractivity contribution is -0.137. The van der Waals surface area contributed by atoms with Gasteiger partial charge in [-0.05, 0) is 62.6 Å². The zero-order chi connectivity index (χ0) is 14.6. The van der Waals surface area contributed by atoms with Crippen LogP contribution in [-0.4, -0.2) is 43.2 Å². The van der Waals surface area contributed by atoms with Gasteiger partial charge in [0.05, 0.1) is 13.7 Å². The van der Waals surface area contributed by atoms with Gasteiger partial charge in [-0.25, -0.2) is 0 Å². The molecule has 0 heterocycles. The maximum atomic E-state index is 10.6. The van der Waals surface area contributed by atoms with Gasteiger partial charge in [0.25, 0.3) is 0 Å². The van der Waals surface area contributed by atoms with Crippen molar-refractivity contribution in [3.8, 4) is 5.75 Å².